The van der Waals surface area contributed by atoms with Gasteiger partial charge in [-0.1, -0.05) is 64.4 Å². The zero-order valence-corrected chi connectivity index (χ0v) is 24.4. The molecule has 3 rings (SSSR count). The number of nitrogens with two attached hydrogens (primary N) is 1. The van der Waals surface area contributed by atoms with Gasteiger partial charge >= 0.3 is 5.97 Å². The van der Waals surface area contributed by atoms with E-state index in [-0.39, 0.29) is 24.5 Å². The number of carboxylic acids is 1. The van der Waals surface area contributed by atoms with Gasteiger partial charge in [-0.3, -0.25) is 14.4 Å². The Morgan fingerprint density at radius 3 is 2.12 bits per heavy atom. The number of carboxylic acid groups (broad SMARTS) is 1. The molecule has 0 aliphatic heterocycles. The van der Waals surface area contributed by atoms with Crippen molar-refractivity contribution in [2.24, 2.45) is 17.6 Å². The molecule has 0 saturated carbocycles. The van der Waals surface area contributed by atoms with Gasteiger partial charge in [0, 0.05) is 29.9 Å². The maximum absolute atomic E-state index is 13.7. The van der Waals surface area contributed by atoms with Crippen molar-refractivity contribution in [3.8, 4) is 5.75 Å². The van der Waals surface area contributed by atoms with Crippen molar-refractivity contribution in [3.05, 3.63) is 65.9 Å². The maximum Gasteiger partial charge on any atom is 0.326 e. The zero-order valence-electron chi connectivity index (χ0n) is 24.4. The van der Waals surface area contributed by atoms with E-state index in [9.17, 15) is 29.4 Å². The van der Waals surface area contributed by atoms with E-state index in [1.165, 1.54) is 12.1 Å². The van der Waals surface area contributed by atoms with E-state index in [0.29, 0.717) is 12.0 Å². The molecule has 5 atom stereocenters. The van der Waals surface area contributed by atoms with Gasteiger partial charge in [-0.05, 0) is 41.2 Å². The first-order valence-electron chi connectivity index (χ1n) is 14.1. The monoisotopic (exact) mass is 579 g/mol. The van der Waals surface area contributed by atoms with Gasteiger partial charge in [0.2, 0.25) is 17.7 Å². The van der Waals surface area contributed by atoms with Crippen LogP contribution in [0.25, 0.3) is 10.9 Å². The number of hydrogen-bond acceptors (Lipinski definition) is 6. The second kappa shape index (κ2) is 14.5. The van der Waals surface area contributed by atoms with Crippen LogP contribution in [0.3, 0.4) is 0 Å². The van der Waals surface area contributed by atoms with Crippen LogP contribution in [0, 0.1) is 11.8 Å². The summed E-state index contributed by atoms with van der Waals surface area (Å²) >= 11 is 0. The number of amides is 3. The third-order valence-electron chi connectivity index (χ3n) is 7.53. The number of aromatic hydroxyl groups is 1. The number of benzene rings is 2. The van der Waals surface area contributed by atoms with Crippen LogP contribution in [-0.4, -0.2) is 63.1 Å². The van der Waals surface area contributed by atoms with Crippen molar-refractivity contribution in [3.63, 3.8) is 0 Å². The number of aromatic nitrogens is 1. The fourth-order valence-electron chi connectivity index (χ4n) is 4.63. The quantitative estimate of drug-likeness (QED) is 0.152. The number of carbonyl (C=O) groups is 4. The molecule has 0 fully saturated rings. The topological polar surface area (TPSA) is 187 Å². The zero-order chi connectivity index (χ0) is 31.0. The van der Waals surface area contributed by atoms with Gasteiger partial charge in [0.15, 0.2) is 0 Å². The third kappa shape index (κ3) is 8.32. The smallest absolute Gasteiger partial charge is 0.326 e. The second-order valence-corrected chi connectivity index (χ2v) is 11.0. The number of phenols is 1. The summed E-state index contributed by atoms with van der Waals surface area (Å²) in [6.45, 7) is 7.24. The minimum absolute atomic E-state index is 0.0210. The Kier molecular flexibility index (Phi) is 11.1. The molecule has 11 nitrogen and oxygen atoms in total. The van der Waals surface area contributed by atoms with Crippen LogP contribution >= 0.6 is 0 Å². The molecule has 2 aromatic carbocycles. The molecule has 0 radical (unpaired) electrons. The van der Waals surface area contributed by atoms with Crippen LogP contribution in [-0.2, 0) is 32.0 Å². The molecule has 3 aromatic rings. The average Bonchev–Trinajstić information content (AvgIpc) is 3.37. The summed E-state index contributed by atoms with van der Waals surface area (Å²) in [5.74, 6) is -3.45. The van der Waals surface area contributed by atoms with E-state index in [1.54, 1.807) is 32.2 Å². The highest BCUT2D eigenvalue weighted by atomic mass is 16.4. The van der Waals surface area contributed by atoms with Gasteiger partial charge in [-0.25, -0.2) is 4.79 Å². The normalized spacial score (nSPS) is 14.9. The molecule has 0 bridgehead atoms. The largest absolute Gasteiger partial charge is 0.508 e. The Bertz CT molecular complexity index is 1390. The van der Waals surface area contributed by atoms with Crippen LogP contribution in [0.15, 0.2) is 54.7 Å². The van der Waals surface area contributed by atoms with Gasteiger partial charge in [0.1, 0.15) is 23.9 Å². The lowest BCUT2D eigenvalue weighted by Gasteiger charge is -2.27. The second-order valence-electron chi connectivity index (χ2n) is 11.0. The molecule has 5 unspecified atom stereocenters. The highest BCUT2D eigenvalue weighted by Crippen LogP contribution is 2.20. The fraction of sp³-hybridized carbons (Fsp3) is 0.419. The van der Waals surface area contributed by atoms with Gasteiger partial charge in [0.25, 0.3) is 0 Å². The van der Waals surface area contributed by atoms with Crippen LogP contribution in [0.5, 0.6) is 5.75 Å². The van der Waals surface area contributed by atoms with E-state index in [0.717, 1.165) is 16.5 Å². The lowest BCUT2D eigenvalue weighted by molar-refractivity contribution is -0.142. The van der Waals surface area contributed by atoms with E-state index < -0.39 is 53.8 Å². The summed E-state index contributed by atoms with van der Waals surface area (Å²) in [5.41, 5.74) is 8.43. The van der Waals surface area contributed by atoms with Crippen molar-refractivity contribution in [1.82, 2.24) is 20.9 Å². The number of phenolic OH excluding ortho intramolecular Hbond substituents is 1. The van der Waals surface area contributed by atoms with Crippen LogP contribution in [0.1, 0.15) is 45.2 Å². The lowest BCUT2D eigenvalue weighted by atomic mass is 9.97. The van der Waals surface area contributed by atoms with Crippen molar-refractivity contribution in [2.45, 2.75) is 71.1 Å². The van der Waals surface area contributed by atoms with Gasteiger partial charge < -0.3 is 36.9 Å². The Hall–Kier alpha value is -4.38. The summed E-state index contributed by atoms with van der Waals surface area (Å²) in [4.78, 5) is 55.1. The standard InChI is InChI=1S/C31H41N5O6/c1-5-18(4)26(32)29(39)34-24(15-20-16-33-23-9-7-6-8-22(20)23)28(38)36-27(17(2)3)30(40)35-25(31(41)42)14-19-10-12-21(37)13-11-19/h6-13,16-18,24-27,33,37H,5,14-15,32H2,1-4H3,(H,34,39)(H,35,40)(H,36,38)(H,41,42). The van der Waals surface area contributed by atoms with Gasteiger partial charge in [-0.15, -0.1) is 0 Å². The predicted molar refractivity (Wildman–Crippen MR) is 160 cm³/mol. The first kappa shape index (κ1) is 32.1. The summed E-state index contributed by atoms with van der Waals surface area (Å²) in [7, 11) is 0. The Balaban J connectivity index is 1.81. The van der Waals surface area contributed by atoms with Crippen molar-refractivity contribution < 1.29 is 29.4 Å². The molecular formula is C31H41N5O6. The predicted octanol–water partition coefficient (Wildman–Crippen LogP) is 2.23. The van der Waals surface area contributed by atoms with Crippen molar-refractivity contribution in [1.29, 1.82) is 0 Å². The van der Waals surface area contributed by atoms with E-state index in [2.05, 4.69) is 20.9 Å². The molecule has 0 spiro atoms. The Labute approximate surface area is 245 Å². The number of hydrogen-bond donors (Lipinski definition) is 7. The molecule has 8 N–H and O–H groups in total. The van der Waals surface area contributed by atoms with Crippen LogP contribution in [0.2, 0.25) is 0 Å². The maximum atomic E-state index is 13.7. The number of nitrogens with one attached hydrogen (secondary N) is 4. The average molecular weight is 580 g/mol. The first-order valence-corrected chi connectivity index (χ1v) is 14.1. The molecule has 0 saturated heterocycles. The summed E-state index contributed by atoms with van der Waals surface area (Å²) in [6.07, 6.45) is 2.57. The molecule has 0 aliphatic carbocycles. The van der Waals surface area contributed by atoms with E-state index in [1.807, 2.05) is 38.1 Å². The van der Waals surface area contributed by atoms with E-state index in [4.69, 9.17) is 5.73 Å². The van der Waals surface area contributed by atoms with Crippen LogP contribution < -0.4 is 21.7 Å². The van der Waals surface area contributed by atoms with Gasteiger partial charge in [-0.2, -0.15) is 0 Å². The minimum atomic E-state index is -1.27. The molecule has 1 aromatic heterocycles. The lowest BCUT2D eigenvalue weighted by Crippen LogP contribution is -2.59. The highest BCUT2D eigenvalue weighted by Gasteiger charge is 2.33. The number of carbonyl (C=O) groups excluding carboxylic acids is 3. The molecule has 11 heteroatoms. The molecule has 0 aliphatic rings. The third-order valence-corrected chi connectivity index (χ3v) is 7.53. The van der Waals surface area contributed by atoms with Crippen LogP contribution in [0.4, 0.5) is 0 Å². The summed E-state index contributed by atoms with van der Waals surface area (Å²) < 4.78 is 0. The molecular weight excluding hydrogens is 538 g/mol. The van der Waals surface area contributed by atoms with Crippen molar-refractivity contribution in [2.75, 3.05) is 0 Å². The number of aliphatic carboxylic acids is 1. The van der Waals surface area contributed by atoms with E-state index >= 15 is 0 Å². The minimum Gasteiger partial charge on any atom is -0.508 e. The van der Waals surface area contributed by atoms with Gasteiger partial charge in [0.05, 0.1) is 6.04 Å². The first-order chi connectivity index (χ1) is 19.9. The summed E-state index contributed by atoms with van der Waals surface area (Å²) in [5, 5.41) is 28.2. The number of aromatic amines is 1. The van der Waals surface area contributed by atoms with Crippen molar-refractivity contribution >= 4 is 34.6 Å². The molecule has 42 heavy (non-hydrogen) atoms. The molecule has 1 heterocycles. The fourth-order valence-corrected chi connectivity index (χ4v) is 4.63. The Morgan fingerprint density at radius 1 is 0.857 bits per heavy atom. The molecule has 226 valence electrons. The number of rotatable bonds is 14. The highest BCUT2D eigenvalue weighted by molar-refractivity contribution is 5.95. The number of fused-ring (bicyclic) bond motifs is 1. The number of H-pyrrole nitrogens is 1. The number of para-hydroxylation sites is 1. The Morgan fingerprint density at radius 2 is 1.50 bits per heavy atom. The SMILES string of the molecule is CCC(C)C(N)C(=O)NC(Cc1c[nH]c2ccccc12)C(=O)NC(C(=O)NC(Cc1ccc(O)cc1)C(=O)O)C(C)C. The molecule has 3 amide bonds. The summed E-state index contributed by atoms with van der Waals surface area (Å²) in [6, 6.07) is 9.37.